The third kappa shape index (κ3) is 10.2. The Kier molecular flexibility index (Phi) is 10.3. The lowest BCUT2D eigenvalue weighted by molar-refractivity contribution is -0.155. The number of aryl methyl sites for hydroxylation is 1. The van der Waals surface area contributed by atoms with Gasteiger partial charge in [-0.2, -0.15) is 0 Å². The van der Waals surface area contributed by atoms with Crippen LogP contribution in [0.3, 0.4) is 0 Å². The lowest BCUT2D eigenvalue weighted by Gasteiger charge is -2.12. The molecule has 0 saturated carbocycles. The maximum Gasteiger partial charge on any atom is 0.260 e. The largest absolute Gasteiger partial charge is 0.366 e. The van der Waals surface area contributed by atoms with Gasteiger partial charge in [0.15, 0.2) is 11.6 Å². The topological polar surface area (TPSA) is 96.3 Å². The lowest BCUT2D eigenvalue weighted by atomic mass is 10.1. The molecule has 0 spiro atoms. The van der Waals surface area contributed by atoms with Crippen LogP contribution in [0.25, 0.3) is 0 Å². The van der Waals surface area contributed by atoms with Crippen molar-refractivity contribution >= 4 is 12.3 Å². The number of hydrogen-bond acceptors (Lipinski definition) is 6. The zero-order chi connectivity index (χ0) is 20.4. The van der Waals surface area contributed by atoms with Crippen LogP contribution in [0.1, 0.15) is 49.5 Å². The van der Waals surface area contributed by atoms with E-state index in [1.165, 1.54) is 14.2 Å². The number of imide groups is 1. The molecule has 1 atom stereocenters. The molecule has 1 aliphatic heterocycles. The van der Waals surface area contributed by atoms with Crippen LogP contribution in [0.5, 0.6) is 0 Å². The molecular formula is C19H31NO6. The Morgan fingerprint density at radius 3 is 2.23 bits per heavy atom. The van der Waals surface area contributed by atoms with E-state index >= 15 is 0 Å². The van der Waals surface area contributed by atoms with E-state index in [-0.39, 0.29) is 5.91 Å². The van der Waals surface area contributed by atoms with Crippen molar-refractivity contribution in [1.82, 2.24) is 4.90 Å². The number of aliphatic hydroxyl groups is 2. The van der Waals surface area contributed by atoms with Crippen molar-refractivity contribution in [3.63, 3.8) is 0 Å². The van der Waals surface area contributed by atoms with Crippen molar-refractivity contribution in [2.75, 3.05) is 20.8 Å². The summed E-state index contributed by atoms with van der Waals surface area (Å²) in [6.45, 7) is 7.40. The standard InChI is InChI=1S/C10H11NO2.C5H10O2.C4H10O2/c1-8-5-3-4-6-9(8)10(13)11(2)7-12;1-5(6)3-2-4-7-5;1-4(2,5)6-3/h3-7H,1-2H3;6H,2-4H2,1H3;5H,1-3H3. The minimum Gasteiger partial charge on any atom is -0.366 e. The quantitative estimate of drug-likeness (QED) is 0.626. The Bertz CT molecular complexity index is 557. The van der Waals surface area contributed by atoms with Crippen LogP contribution >= 0.6 is 0 Å². The highest BCUT2D eigenvalue weighted by atomic mass is 16.6. The van der Waals surface area contributed by atoms with E-state index in [4.69, 9.17) is 14.9 Å². The molecule has 0 radical (unpaired) electrons. The molecule has 1 fully saturated rings. The molecule has 2 rings (SSSR count). The van der Waals surface area contributed by atoms with Crippen molar-refractivity contribution in [3.8, 4) is 0 Å². The van der Waals surface area contributed by atoms with E-state index in [9.17, 15) is 9.59 Å². The van der Waals surface area contributed by atoms with Gasteiger partial charge in [-0.05, 0) is 45.7 Å². The second-order valence-corrected chi connectivity index (χ2v) is 6.61. The third-order valence-electron chi connectivity index (χ3n) is 3.55. The van der Waals surface area contributed by atoms with E-state index in [2.05, 4.69) is 4.74 Å². The lowest BCUT2D eigenvalue weighted by Crippen LogP contribution is -2.25. The van der Waals surface area contributed by atoms with Gasteiger partial charge in [0.1, 0.15) is 0 Å². The average molecular weight is 369 g/mol. The molecule has 148 valence electrons. The number of ether oxygens (including phenoxy) is 2. The van der Waals surface area contributed by atoms with Gasteiger partial charge >= 0.3 is 0 Å². The highest BCUT2D eigenvalue weighted by molar-refractivity contribution is 6.00. The zero-order valence-electron chi connectivity index (χ0n) is 16.5. The summed E-state index contributed by atoms with van der Waals surface area (Å²) in [7, 11) is 2.90. The Hall–Kier alpha value is -1.80. The Labute approximate surface area is 155 Å². The molecule has 2 amide bonds. The van der Waals surface area contributed by atoms with Crippen molar-refractivity contribution < 1.29 is 29.3 Å². The normalized spacial score (nSPS) is 18.8. The van der Waals surface area contributed by atoms with Gasteiger partial charge in [-0.1, -0.05) is 18.2 Å². The number of nitrogens with zero attached hydrogens (tertiary/aromatic N) is 1. The predicted octanol–water partition coefficient (Wildman–Crippen LogP) is 2.09. The summed E-state index contributed by atoms with van der Waals surface area (Å²) in [5.74, 6) is -2.03. The first kappa shape index (κ1) is 24.2. The fourth-order valence-electron chi connectivity index (χ4n) is 1.82. The van der Waals surface area contributed by atoms with E-state index < -0.39 is 11.6 Å². The van der Waals surface area contributed by atoms with Crippen LogP contribution in [0.4, 0.5) is 0 Å². The third-order valence-corrected chi connectivity index (χ3v) is 3.55. The molecule has 0 bridgehead atoms. The average Bonchev–Trinajstić information content (AvgIpc) is 2.98. The van der Waals surface area contributed by atoms with Crippen LogP contribution in [-0.2, 0) is 14.3 Å². The predicted molar refractivity (Wildman–Crippen MR) is 98.5 cm³/mol. The van der Waals surface area contributed by atoms with E-state index in [0.29, 0.717) is 18.6 Å². The van der Waals surface area contributed by atoms with Crippen molar-refractivity contribution in [3.05, 3.63) is 35.4 Å². The molecule has 1 aromatic carbocycles. The number of amides is 2. The van der Waals surface area contributed by atoms with Gasteiger partial charge in [0.05, 0.1) is 6.61 Å². The van der Waals surface area contributed by atoms with E-state index in [1.54, 1.807) is 32.9 Å². The Morgan fingerprint density at radius 2 is 1.92 bits per heavy atom. The fraction of sp³-hybridized carbons (Fsp3) is 0.579. The Balaban J connectivity index is 0.000000405. The second-order valence-electron chi connectivity index (χ2n) is 6.61. The summed E-state index contributed by atoms with van der Waals surface area (Å²) in [6, 6.07) is 7.18. The molecule has 7 nitrogen and oxygen atoms in total. The first-order valence-corrected chi connectivity index (χ1v) is 8.35. The number of methoxy groups -OCH3 is 1. The minimum absolute atomic E-state index is 0.270. The summed E-state index contributed by atoms with van der Waals surface area (Å²) in [5.41, 5.74) is 1.44. The van der Waals surface area contributed by atoms with Crippen LogP contribution in [0.15, 0.2) is 24.3 Å². The van der Waals surface area contributed by atoms with Crippen LogP contribution in [0, 0.1) is 6.92 Å². The molecule has 1 aromatic rings. The van der Waals surface area contributed by atoms with Crippen LogP contribution in [0.2, 0.25) is 0 Å². The molecule has 1 saturated heterocycles. The van der Waals surface area contributed by atoms with Gasteiger partial charge in [0.25, 0.3) is 5.91 Å². The zero-order valence-corrected chi connectivity index (χ0v) is 16.5. The molecule has 1 heterocycles. The molecule has 2 N–H and O–H groups in total. The van der Waals surface area contributed by atoms with Gasteiger partial charge in [0.2, 0.25) is 6.41 Å². The summed E-state index contributed by atoms with van der Waals surface area (Å²) in [5, 5.41) is 17.6. The number of hydrogen-bond donors (Lipinski definition) is 2. The summed E-state index contributed by atoms with van der Waals surface area (Å²) < 4.78 is 9.39. The maximum absolute atomic E-state index is 11.5. The van der Waals surface area contributed by atoms with E-state index in [0.717, 1.165) is 23.3 Å². The van der Waals surface area contributed by atoms with E-state index in [1.807, 2.05) is 19.1 Å². The molecule has 26 heavy (non-hydrogen) atoms. The van der Waals surface area contributed by atoms with Crippen molar-refractivity contribution in [1.29, 1.82) is 0 Å². The monoisotopic (exact) mass is 369 g/mol. The summed E-state index contributed by atoms with van der Waals surface area (Å²) >= 11 is 0. The number of carbonyl (C=O) groups is 2. The number of carbonyl (C=O) groups excluding carboxylic acids is 2. The first-order chi connectivity index (χ1) is 11.9. The number of benzene rings is 1. The van der Waals surface area contributed by atoms with Gasteiger partial charge in [-0.25, -0.2) is 0 Å². The van der Waals surface area contributed by atoms with Crippen molar-refractivity contribution in [2.45, 2.75) is 52.1 Å². The fourth-order valence-corrected chi connectivity index (χ4v) is 1.82. The summed E-state index contributed by atoms with van der Waals surface area (Å²) in [6.07, 6.45) is 2.29. The second kappa shape index (κ2) is 11.0. The first-order valence-electron chi connectivity index (χ1n) is 8.35. The SMILES string of the molecule is CC1(O)CCCO1.COC(C)(C)O.Cc1ccccc1C(=O)N(C)C=O. The number of rotatable bonds is 3. The molecule has 1 aliphatic rings. The van der Waals surface area contributed by atoms with Crippen LogP contribution in [-0.4, -0.2) is 59.8 Å². The Morgan fingerprint density at radius 1 is 1.38 bits per heavy atom. The molecule has 7 heteroatoms. The molecule has 1 unspecified atom stereocenters. The van der Waals surface area contributed by atoms with Gasteiger partial charge in [-0.15, -0.1) is 0 Å². The smallest absolute Gasteiger partial charge is 0.260 e. The van der Waals surface area contributed by atoms with Crippen molar-refractivity contribution in [2.24, 2.45) is 0 Å². The highest BCUT2D eigenvalue weighted by Gasteiger charge is 2.25. The van der Waals surface area contributed by atoms with Gasteiger partial charge in [0, 0.05) is 26.1 Å². The maximum atomic E-state index is 11.5. The molecule has 0 aliphatic carbocycles. The minimum atomic E-state index is -0.958. The van der Waals surface area contributed by atoms with Gasteiger partial charge < -0.3 is 19.7 Å². The highest BCUT2D eigenvalue weighted by Crippen LogP contribution is 2.20. The van der Waals surface area contributed by atoms with Crippen LogP contribution < -0.4 is 0 Å². The summed E-state index contributed by atoms with van der Waals surface area (Å²) in [4.78, 5) is 22.9. The molecular weight excluding hydrogens is 338 g/mol. The molecule has 0 aromatic heterocycles. The van der Waals surface area contributed by atoms with Gasteiger partial charge in [-0.3, -0.25) is 14.5 Å².